The van der Waals surface area contributed by atoms with Gasteiger partial charge in [-0.1, -0.05) is 28.7 Å². The first kappa shape index (κ1) is 6.96. The molecule has 9 heavy (non-hydrogen) atoms. The third-order valence-electron chi connectivity index (χ3n) is 0.973. The summed E-state index contributed by atoms with van der Waals surface area (Å²) in [5, 5.41) is 0. The topological polar surface area (TPSA) is 12.0 Å². The minimum atomic E-state index is 1.00. The van der Waals surface area contributed by atoms with Crippen LogP contribution in [0.15, 0.2) is 28.7 Å². The molecule has 0 spiro atoms. The highest BCUT2D eigenvalue weighted by molar-refractivity contribution is 9.10. The highest BCUT2D eigenvalue weighted by atomic mass is 79.9. The molecule has 0 heterocycles. The summed E-state index contributed by atoms with van der Waals surface area (Å²) >= 11 is 7.20. The van der Waals surface area contributed by atoms with Gasteiger partial charge in [0.05, 0.1) is 0 Å². The van der Waals surface area contributed by atoms with Crippen molar-refractivity contribution in [3.63, 3.8) is 0 Å². The Hall–Kier alpha value is -0.150. The van der Waals surface area contributed by atoms with Gasteiger partial charge in [0.15, 0.2) is 0 Å². The van der Waals surface area contributed by atoms with Crippen molar-refractivity contribution in [1.82, 2.24) is 0 Å². The Morgan fingerprint density at radius 1 is 1.22 bits per heavy atom. The van der Waals surface area contributed by atoms with Gasteiger partial charge in [0, 0.05) is 10.2 Å². The van der Waals surface area contributed by atoms with Crippen LogP contribution in [0, 0.1) is 0 Å². The van der Waals surface area contributed by atoms with Crippen LogP contribution >= 0.6 is 28.7 Å². The summed E-state index contributed by atoms with van der Waals surface area (Å²) in [7, 11) is 0. The second kappa shape index (κ2) is 3.13. The van der Waals surface area contributed by atoms with E-state index in [-0.39, 0.29) is 0 Å². The number of anilines is 1. The lowest BCUT2D eigenvalue weighted by Crippen LogP contribution is -1.76. The molecule has 0 aliphatic heterocycles. The quantitative estimate of drug-likeness (QED) is 0.670. The van der Waals surface area contributed by atoms with Gasteiger partial charge in [-0.2, -0.15) is 0 Å². The van der Waals surface area contributed by atoms with Crippen LogP contribution in [0.5, 0.6) is 0 Å². The molecule has 0 aromatic heterocycles. The highest BCUT2D eigenvalue weighted by Gasteiger charge is 1.85. The van der Waals surface area contributed by atoms with Crippen molar-refractivity contribution in [1.29, 1.82) is 0 Å². The Morgan fingerprint density at radius 3 is 2.22 bits per heavy atom. The van der Waals surface area contributed by atoms with Crippen molar-refractivity contribution in [3.05, 3.63) is 28.7 Å². The summed E-state index contributed by atoms with van der Waals surface area (Å²) < 4.78 is 3.81. The number of halogens is 1. The smallest absolute Gasteiger partial charge is 0.0438 e. The zero-order valence-corrected chi connectivity index (χ0v) is 7.12. The summed E-state index contributed by atoms with van der Waals surface area (Å²) in [6, 6.07) is 7.80. The van der Waals surface area contributed by atoms with Crippen molar-refractivity contribution in [2.24, 2.45) is 0 Å². The van der Waals surface area contributed by atoms with Crippen LogP contribution in [0.2, 0.25) is 0 Å². The van der Waals surface area contributed by atoms with Gasteiger partial charge in [-0.15, -0.1) is 0 Å². The van der Waals surface area contributed by atoms with Gasteiger partial charge in [-0.05, 0) is 24.3 Å². The molecule has 0 aliphatic rings. The number of rotatable bonds is 1. The van der Waals surface area contributed by atoms with Crippen LogP contribution in [0.1, 0.15) is 0 Å². The van der Waals surface area contributed by atoms with Gasteiger partial charge in [0.1, 0.15) is 0 Å². The molecular weight excluding hydrogens is 198 g/mol. The Labute approximate surface area is 68.1 Å². The van der Waals surface area contributed by atoms with Crippen LogP contribution in [0.4, 0.5) is 5.69 Å². The third kappa shape index (κ3) is 1.91. The maximum Gasteiger partial charge on any atom is 0.0438 e. The zero-order chi connectivity index (χ0) is 6.69. The molecule has 0 aliphatic carbocycles. The van der Waals surface area contributed by atoms with Gasteiger partial charge < -0.3 is 4.72 Å². The summed E-state index contributed by atoms with van der Waals surface area (Å²) in [4.78, 5) is 0. The number of benzene rings is 1. The summed E-state index contributed by atoms with van der Waals surface area (Å²) in [6.45, 7) is 0. The fourth-order valence-electron chi connectivity index (χ4n) is 0.524. The Morgan fingerprint density at radius 2 is 1.78 bits per heavy atom. The largest absolute Gasteiger partial charge is 0.332 e. The fourth-order valence-corrected chi connectivity index (χ4v) is 0.938. The van der Waals surface area contributed by atoms with E-state index in [1.807, 2.05) is 24.3 Å². The van der Waals surface area contributed by atoms with Gasteiger partial charge in [-0.3, -0.25) is 0 Å². The van der Waals surface area contributed by atoms with Gasteiger partial charge in [-0.25, -0.2) is 0 Å². The molecule has 0 radical (unpaired) electrons. The van der Waals surface area contributed by atoms with E-state index >= 15 is 0 Å². The predicted molar refractivity (Wildman–Crippen MR) is 46.8 cm³/mol. The zero-order valence-electron chi connectivity index (χ0n) is 4.63. The van der Waals surface area contributed by atoms with E-state index < -0.39 is 0 Å². The Balaban J connectivity index is 2.88. The molecule has 0 atom stereocenters. The van der Waals surface area contributed by atoms with Crippen molar-refractivity contribution < 1.29 is 0 Å². The fraction of sp³-hybridized carbons (Fsp3) is 0. The van der Waals surface area contributed by atoms with Crippen molar-refractivity contribution >= 4 is 34.4 Å². The molecule has 0 fully saturated rings. The maximum atomic E-state index is 3.88. The van der Waals surface area contributed by atoms with Crippen molar-refractivity contribution in [3.8, 4) is 0 Å². The molecule has 1 rings (SSSR count). The molecule has 3 heteroatoms. The Kier molecular flexibility index (Phi) is 2.42. The molecular formula is C6H6BrNS. The average molecular weight is 204 g/mol. The highest BCUT2D eigenvalue weighted by Crippen LogP contribution is 2.13. The molecule has 0 saturated carbocycles. The van der Waals surface area contributed by atoms with E-state index in [4.69, 9.17) is 0 Å². The summed E-state index contributed by atoms with van der Waals surface area (Å²) in [5.41, 5.74) is 1.00. The summed E-state index contributed by atoms with van der Waals surface area (Å²) in [5.74, 6) is 0. The summed E-state index contributed by atoms with van der Waals surface area (Å²) in [6.07, 6.45) is 0. The van der Waals surface area contributed by atoms with Crippen molar-refractivity contribution in [2.45, 2.75) is 0 Å². The molecule has 1 N–H and O–H groups in total. The van der Waals surface area contributed by atoms with Crippen LogP contribution in [-0.2, 0) is 0 Å². The monoisotopic (exact) mass is 203 g/mol. The number of hydrogen-bond acceptors (Lipinski definition) is 2. The van der Waals surface area contributed by atoms with E-state index in [2.05, 4.69) is 33.5 Å². The molecule has 0 bridgehead atoms. The molecule has 48 valence electrons. The number of hydrogen-bond donors (Lipinski definition) is 2. The number of thiol groups is 1. The second-order valence-corrected chi connectivity index (χ2v) is 2.76. The van der Waals surface area contributed by atoms with Gasteiger partial charge in [0.2, 0.25) is 0 Å². The number of nitrogens with one attached hydrogen (secondary N) is 1. The van der Waals surface area contributed by atoms with Crippen molar-refractivity contribution in [2.75, 3.05) is 4.72 Å². The van der Waals surface area contributed by atoms with Gasteiger partial charge >= 0.3 is 0 Å². The lowest BCUT2D eigenvalue weighted by molar-refractivity contribution is 1.64. The first-order valence-corrected chi connectivity index (χ1v) is 3.72. The minimum Gasteiger partial charge on any atom is -0.332 e. The first-order valence-electron chi connectivity index (χ1n) is 2.48. The van der Waals surface area contributed by atoms with E-state index in [1.54, 1.807) is 0 Å². The molecule has 0 unspecified atom stereocenters. The first-order chi connectivity index (χ1) is 4.33. The van der Waals surface area contributed by atoms with E-state index in [0.29, 0.717) is 0 Å². The van der Waals surface area contributed by atoms with E-state index in [0.717, 1.165) is 10.2 Å². The van der Waals surface area contributed by atoms with Crippen LogP contribution in [0.3, 0.4) is 0 Å². The molecule has 0 saturated heterocycles. The van der Waals surface area contributed by atoms with E-state index in [9.17, 15) is 0 Å². The minimum absolute atomic E-state index is 1.00. The van der Waals surface area contributed by atoms with Crippen LogP contribution in [0.25, 0.3) is 0 Å². The lowest BCUT2D eigenvalue weighted by atomic mass is 10.3. The van der Waals surface area contributed by atoms with Crippen LogP contribution < -0.4 is 4.72 Å². The normalized spacial score (nSPS) is 9.11. The standard InChI is InChI=1S/C6H6BrNS/c7-5-1-3-6(8-9)4-2-5/h1-4,8-9H. The molecule has 1 aromatic rings. The van der Waals surface area contributed by atoms with Gasteiger partial charge in [0.25, 0.3) is 0 Å². The SMILES string of the molecule is SNc1ccc(Br)cc1. The maximum absolute atomic E-state index is 3.88. The van der Waals surface area contributed by atoms with E-state index in [1.165, 1.54) is 0 Å². The molecule has 1 aromatic carbocycles. The predicted octanol–water partition coefficient (Wildman–Crippen LogP) is 2.71. The third-order valence-corrected chi connectivity index (χ3v) is 1.76. The Bertz CT molecular complexity index is 185. The average Bonchev–Trinajstić information content (AvgIpc) is 1.90. The van der Waals surface area contributed by atoms with Crippen LogP contribution in [-0.4, -0.2) is 0 Å². The lowest BCUT2D eigenvalue weighted by Gasteiger charge is -1.95. The molecule has 1 nitrogen and oxygen atoms in total. The second-order valence-electron chi connectivity index (χ2n) is 1.62. The molecule has 0 amide bonds.